The Morgan fingerprint density at radius 3 is 2.74 bits per heavy atom. The highest BCUT2D eigenvalue weighted by Gasteiger charge is 2.31. The number of nitrogens with zero attached hydrogens (tertiary/aromatic N) is 2. The third-order valence-electron chi connectivity index (χ3n) is 5.14. The van der Waals surface area contributed by atoms with Crippen molar-refractivity contribution in [1.29, 1.82) is 0 Å². The molecule has 2 atom stereocenters. The first-order valence-electron chi connectivity index (χ1n) is 9.45. The molecule has 0 saturated carbocycles. The van der Waals surface area contributed by atoms with Crippen molar-refractivity contribution in [3.63, 3.8) is 0 Å². The molecule has 0 radical (unpaired) electrons. The second-order valence-electron chi connectivity index (χ2n) is 7.30. The zero-order chi connectivity index (χ0) is 18.6. The second-order valence-corrected chi connectivity index (χ2v) is 9.28. The lowest BCUT2D eigenvalue weighted by atomic mass is 9.98. The van der Waals surface area contributed by atoms with Crippen LogP contribution in [-0.2, 0) is 13.0 Å². The number of fused-ring (bicyclic) bond motifs is 1. The molecule has 142 valence electrons. The summed E-state index contributed by atoms with van der Waals surface area (Å²) in [5.74, 6) is 0. The number of benzene rings is 1. The van der Waals surface area contributed by atoms with E-state index in [9.17, 15) is 5.11 Å². The van der Waals surface area contributed by atoms with Crippen LogP contribution in [0, 0.1) is 0 Å². The molecule has 3 aromatic rings. The van der Waals surface area contributed by atoms with Crippen LogP contribution in [-0.4, -0.2) is 47.7 Å². The first kappa shape index (κ1) is 18.8. The largest absolute Gasteiger partial charge is 0.390 e. The van der Waals surface area contributed by atoms with Crippen LogP contribution in [0.5, 0.6) is 0 Å². The Labute approximate surface area is 169 Å². The topological polar surface area (TPSA) is 26.7 Å². The Morgan fingerprint density at radius 2 is 1.96 bits per heavy atom. The SMILES string of the molecule is CN(Cc1ccccc1)CC(O)CN1CCc2sccc2C1c1cccs1. The van der Waals surface area contributed by atoms with Crippen molar-refractivity contribution in [3.05, 3.63) is 80.2 Å². The first-order chi connectivity index (χ1) is 13.2. The average Bonchev–Trinajstić information content (AvgIpc) is 3.34. The Morgan fingerprint density at radius 1 is 1.11 bits per heavy atom. The number of rotatable bonds is 7. The minimum absolute atomic E-state index is 0.286. The van der Waals surface area contributed by atoms with Crippen LogP contribution >= 0.6 is 22.7 Å². The van der Waals surface area contributed by atoms with Gasteiger partial charge in [0.2, 0.25) is 0 Å². The predicted octanol–water partition coefficient (Wildman–Crippen LogP) is 4.25. The van der Waals surface area contributed by atoms with E-state index in [0.717, 1.165) is 19.5 Å². The molecule has 0 bridgehead atoms. The van der Waals surface area contributed by atoms with E-state index in [1.165, 1.54) is 20.9 Å². The number of aliphatic hydroxyl groups excluding tert-OH is 1. The summed E-state index contributed by atoms with van der Waals surface area (Å²) >= 11 is 3.68. The molecule has 0 saturated heterocycles. The van der Waals surface area contributed by atoms with Gasteiger partial charge < -0.3 is 5.11 Å². The summed E-state index contributed by atoms with van der Waals surface area (Å²) in [6, 6.07) is 17.4. The van der Waals surface area contributed by atoms with Gasteiger partial charge in [0.05, 0.1) is 12.1 Å². The molecule has 2 aromatic heterocycles. The monoisotopic (exact) mass is 398 g/mol. The number of β-amino-alcohol motifs (C(OH)–C–C–N with tert-alkyl or cyclic N) is 1. The maximum Gasteiger partial charge on any atom is 0.0794 e. The standard InChI is InChI=1S/C22H26N2OS2/c1-23(14-17-6-3-2-4-7-17)15-18(25)16-24-11-9-20-19(10-13-27-20)22(24)21-8-5-12-26-21/h2-8,10,12-13,18,22,25H,9,11,14-16H2,1H3. The van der Waals surface area contributed by atoms with E-state index in [1.54, 1.807) is 0 Å². The van der Waals surface area contributed by atoms with E-state index in [2.05, 4.69) is 70.1 Å². The van der Waals surface area contributed by atoms with Crippen LogP contribution in [0.15, 0.2) is 59.3 Å². The molecular formula is C22H26N2OS2. The van der Waals surface area contributed by atoms with Crippen molar-refractivity contribution in [1.82, 2.24) is 9.80 Å². The van der Waals surface area contributed by atoms with Crippen LogP contribution in [0.1, 0.15) is 26.9 Å². The summed E-state index contributed by atoms with van der Waals surface area (Å²) < 4.78 is 0. The summed E-state index contributed by atoms with van der Waals surface area (Å²) in [7, 11) is 2.08. The number of hydrogen-bond acceptors (Lipinski definition) is 5. The molecule has 3 nitrogen and oxygen atoms in total. The molecule has 1 aliphatic rings. The fraction of sp³-hybridized carbons (Fsp3) is 0.364. The third-order valence-corrected chi connectivity index (χ3v) is 7.06. The van der Waals surface area contributed by atoms with Gasteiger partial charge in [0.1, 0.15) is 0 Å². The van der Waals surface area contributed by atoms with Gasteiger partial charge in [-0.05, 0) is 47.5 Å². The van der Waals surface area contributed by atoms with Gasteiger partial charge in [-0.3, -0.25) is 9.80 Å². The Hall–Kier alpha value is -1.50. The van der Waals surface area contributed by atoms with Gasteiger partial charge in [0, 0.05) is 35.9 Å². The van der Waals surface area contributed by atoms with E-state index >= 15 is 0 Å². The number of hydrogen-bond donors (Lipinski definition) is 1. The van der Waals surface area contributed by atoms with Gasteiger partial charge >= 0.3 is 0 Å². The summed E-state index contributed by atoms with van der Waals surface area (Å²) in [5, 5.41) is 15.1. The smallest absolute Gasteiger partial charge is 0.0794 e. The number of aliphatic hydroxyl groups is 1. The molecule has 0 aliphatic carbocycles. The van der Waals surface area contributed by atoms with Gasteiger partial charge in [-0.25, -0.2) is 0 Å². The highest BCUT2D eigenvalue weighted by molar-refractivity contribution is 7.10. The summed E-state index contributed by atoms with van der Waals surface area (Å²) in [5.41, 5.74) is 2.71. The molecule has 0 spiro atoms. The molecule has 1 N–H and O–H groups in total. The van der Waals surface area contributed by atoms with Crippen molar-refractivity contribution in [2.75, 3.05) is 26.7 Å². The van der Waals surface area contributed by atoms with E-state index < -0.39 is 0 Å². The summed E-state index contributed by atoms with van der Waals surface area (Å²) in [4.78, 5) is 7.54. The van der Waals surface area contributed by atoms with Crippen LogP contribution in [0.2, 0.25) is 0 Å². The molecule has 3 heterocycles. The molecular weight excluding hydrogens is 372 g/mol. The van der Waals surface area contributed by atoms with Crippen molar-refractivity contribution in [3.8, 4) is 0 Å². The fourth-order valence-corrected chi connectivity index (χ4v) is 5.77. The lowest BCUT2D eigenvalue weighted by molar-refractivity contribution is 0.0666. The number of thiophene rings is 2. The minimum atomic E-state index is -0.360. The molecule has 4 rings (SSSR count). The average molecular weight is 399 g/mol. The minimum Gasteiger partial charge on any atom is -0.390 e. The Kier molecular flexibility index (Phi) is 6.05. The van der Waals surface area contributed by atoms with Crippen molar-refractivity contribution in [2.45, 2.75) is 25.1 Å². The van der Waals surface area contributed by atoms with Crippen molar-refractivity contribution >= 4 is 22.7 Å². The van der Waals surface area contributed by atoms with Gasteiger partial charge in [-0.2, -0.15) is 0 Å². The first-order valence-corrected chi connectivity index (χ1v) is 11.2. The molecule has 0 amide bonds. The van der Waals surface area contributed by atoms with E-state index in [-0.39, 0.29) is 12.1 Å². The molecule has 0 fully saturated rings. The third kappa shape index (κ3) is 4.50. The Bertz CT molecular complexity index is 831. The molecule has 2 unspecified atom stereocenters. The maximum absolute atomic E-state index is 10.8. The lowest BCUT2D eigenvalue weighted by Crippen LogP contribution is -2.43. The summed E-state index contributed by atoms with van der Waals surface area (Å²) in [6.07, 6.45) is 0.725. The molecule has 1 aliphatic heterocycles. The van der Waals surface area contributed by atoms with Crippen molar-refractivity contribution < 1.29 is 5.11 Å². The van der Waals surface area contributed by atoms with Crippen LogP contribution in [0.4, 0.5) is 0 Å². The molecule has 27 heavy (non-hydrogen) atoms. The highest BCUT2D eigenvalue weighted by atomic mass is 32.1. The van der Waals surface area contributed by atoms with E-state index in [1.807, 2.05) is 28.7 Å². The second kappa shape index (κ2) is 8.67. The van der Waals surface area contributed by atoms with Crippen LogP contribution in [0.25, 0.3) is 0 Å². The zero-order valence-electron chi connectivity index (χ0n) is 15.6. The Balaban J connectivity index is 1.41. The lowest BCUT2D eigenvalue weighted by Gasteiger charge is -2.37. The zero-order valence-corrected chi connectivity index (χ0v) is 17.3. The van der Waals surface area contributed by atoms with Crippen molar-refractivity contribution in [2.24, 2.45) is 0 Å². The maximum atomic E-state index is 10.8. The number of likely N-dealkylation sites (N-methyl/N-ethyl adjacent to an activating group) is 1. The van der Waals surface area contributed by atoms with Gasteiger partial charge in [-0.15, -0.1) is 22.7 Å². The normalized spacial score (nSPS) is 18.6. The fourth-order valence-electron chi connectivity index (χ4n) is 3.99. The van der Waals surface area contributed by atoms with Crippen LogP contribution in [0.3, 0.4) is 0 Å². The molecule has 1 aromatic carbocycles. The predicted molar refractivity (Wildman–Crippen MR) is 115 cm³/mol. The summed E-state index contributed by atoms with van der Waals surface area (Å²) in [6.45, 7) is 3.26. The van der Waals surface area contributed by atoms with Gasteiger partial charge in [-0.1, -0.05) is 36.4 Å². The van der Waals surface area contributed by atoms with Gasteiger partial charge in [0.25, 0.3) is 0 Å². The van der Waals surface area contributed by atoms with Crippen LogP contribution < -0.4 is 0 Å². The highest BCUT2D eigenvalue weighted by Crippen LogP contribution is 2.39. The molecule has 5 heteroatoms. The van der Waals surface area contributed by atoms with E-state index in [4.69, 9.17) is 0 Å². The van der Waals surface area contributed by atoms with Gasteiger partial charge in [0.15, 0.2) is 0 Å². The quantitative estimate of drug-likeness (QED) is 0.644. The van der Waals surface area contributed by atoms with E-state index in [0.29, 0.717) is 13.1 Å².